The van der Waals surface area contributed by atoms with Crippen molar-refractivity contribution in [2.24, 2.45) is 11.5 Å². The minimum Gasteiger partial charge on any atom is -0.507 e. The van der Waals surface area contributed by atoms with Crippen LogP contribution >= 0.6 is 0 Å². The molecule has 0 atom stereocenters. The van der Waals surface area contributed by atoms with Crippen LogP contribution < -0.4 is 16.8 Å². The first-order chi connectivity index (χ1) is 20.4. The average Bonchev–Trinajstić information content (AvgIpc) is 3.07. The van der Waals surface area contributed by atoms with E-state index in [0.717, 1.165) is 11.1 Å². The number of nitrogens with zero attached hydrogens (tertiary/aromatic N) is 2. The summed E-state index contributed by atoms with van der Waals surface area (Å²) in [6.07, 6.45) is 0. The fraction of sp³-hybridized carbons (Fsp3) is 0.533. The molecule has 0 radical (unpaired) electrons. The standard InChI is InChI=1S/C30H45N5O8/c1-19-9-21(25(40)23(11-19)29(15-36,16-37)27(31)42)13-34-5-3-33-4-6-35(8-7-34)14-22-10-20(2)12-24(26(22)41)30(17-38,18-39)28(32)43/h9-12,33,36-41H,3-8,13-18H2,1-2H3,(H2,31,42)(H2,32,43). The normalized spacial score (nSPS) is 16.0. The second-order valence-corrected chi connectivity index (χ2v) is 11.5. The first-order valence-corrected chi connectivity index (χ1v) is 14.2. The van der Waals surface area contributed by atoms with Gasteiger partial charge in [-0.15, -0.1) is 0 Å². The molecule has 1 heterocycles. The zero-order chi connectivity index (χ0) is 31.9. The van der Waals surface area contributed by atoms with E-state index < -0.39 is 49.1 Å². The molecule has 0 saturated carbocycles. The number of nitrogens with two attached hydrogens (primary N) is 2. The maximum absolute atomic E-state index is 12.2. The number of rotatable bonds is 12. The van der Waals surface area contributed by atoms with Gasteiger partial charge >= 0.3 is 0 Å². The molecule has 13 nitrogen and oxygen atoms in total. The number of hydrogen-bond donors (Lipinski definition) is 9. The molecule has 2 amide bonds. The van der Waals surface area contributed by atoms with Crippen LogP contribution in [0.1, 0.15) is 33.4 Å². The first kappa shape index (κ1) is 34.2. The van der Waals surface area contributed by atoms with Gasteiger partial charge in [-0.2, -0.15) is 0 Å². The second kappa shape index (κ2) is 14.4. The van der Waals surface area contributed by atoms with E-state index in [0.29, 0.717) is 63.5 Å². The molecule has 0 bridgehead atoms. The average molecular weight is 604 g/mol. The molecule has 3 rings (SSSR count). The number of phenols is 2. The van der Waals surface area contributed by atoms with Crippen molar-refractivity contribution in [2.75, 3.05) is 65.7 Å². The van der Waals surface area contributed by atoms with Gasteiger partial charge in [0.2, 0.25) is 11.8 Å². The van der Waals surface area contributed by atoms with Crippen LogP contribution in [-0.4, -0.2) is 118 Å². The molecule has 1 saturated heterocycles. The lowest BCUT2D eigenvalue weighted by molar-refractivity contribution is -0.127. The van der Waals surface area contributed by atoms with Crippen molar-refractivity contribution in [3.8, 4) is 11.5 Å². The minimum atomic E-state index is -1.83. The van der Waals surface area contributed by atoms with Gasteiger partial charge in [0.1, 0.15) is 22.3 Å². The summed E-state index contributed by atoms with van der Waals surface area (Å²) in [5.41, 5.74) is 10.1. The third kappa shape index (κ3) is 7.10. The fourth-order valence-electron chi connectivity index (χ4n) is 5.60. The molecule has 11 N–H and O–H groups in total. The highest BCUT2D eigenvalue weighted by Crippen LogP contribution is 2.37. The molecule has 2 aromatic carbocycles. The van der Waals surface area contributed by atoms with Crippen LogP contribution in [0.5, 0.6) is 11.5 Å². The Labute approximate surface area is 251 Å². The van der Waals surface area contributed by atoms with Crippen molar-refractivity contribution in [3.63, 3.8) is 0 Å². The summed E-state index contributed by atoms with van der Waals surface area (Å²) in [6.45, 7) is 4.93. The summed E-state index contributed by atoms with van der Waals surface area (Å²) in [5, 5.41) is 65.6. The van der Waals surface area contributed by atoms with Gasteiger partial charge in [0.15, 0.2) is 0 Å². The number of nitrogens with one attached hydrogen (secondary N) is 1. The Morgan fingerprint density at radius 3 is 1.35 bits per heavy atom. The van der Waals surface area contributed by atoms with Crippen LogP contribution in [0.2, 0.25) is 0 Å². The van der Waals surface area contributed by atoms with Crippen LogP contribution in [0.15, 0.2) is 24.3 Å². The van der Waals surface area contributed by atoms with Gasteiger partial charge in [0, 0.05) is 74.6 Å². The van der Waals surface area contributed by atoms with Crippen molar-refractivity contribution in [2.45, 2.75) is 37.8 Å². The van der Waals surface area contributed by atoms with Gasteiger partial charge < -0.3 is 47.4 Å². The summed E-state index contributed by atoms with van der Waals surface area (Å²) < 4.78 is 0. The predicted molar refractivity (Wildman–Crippen MR) is 159 cm³/mol. The molecule has 2 aromatic rings. The molecule has 0 unspecified atom stereocenters. The Kier molecular flexibility index (Phi) is 11.5. The topological polar surface area (TPSA) is 226 Å². The first-order valence-electron chi connectivity index (χ1n) is 14.2. The predicted octanol–water partition coefficient (Wildman–Crippen LogP) is -1.96. The third-order valence-electron chi connectivity index (χ3n) is 8.45. The molecular weight excluding hydrogens is 558 g/mol. The highest BCUT2D eigenvalue weighted by molar-refractivity contribution is 5.89. The van der Waals surface area contributed by atoms with Gasteiger partial charge in [-0.25, -0.2) is 0 Å². The Balaban J connectivity index is 1.87. The van der Waals surface area contributed by atoms with E-state index in [2.05, 4.69) is 15.1 Å². The van der Waals surface area contributed by atoms with Gasteiger partial charge in [0.25, 0.3) is 0 Å². The van der Waals surface area contributed by atoms with Crippen LogP contribution in [-0.2, 0) is 33.5 Å². The number of aliphatic hydroxyl groups is 4. The third-order valence-corrected chi connectivity index (χ3v) is 8.45. The van der Waals surface area contributed by atoms with E-state index in [1.165, 1.54) is 0 Å². The minimum absolute atomic E-state index is 0.0764. The number of carbonyl (C=O) groups is 2. The number of carbonyl (C=O) groups excluding carboxylic acids is 2. The summed E-state index contributed by atoms with van der Waals surface area (Å²) in [4.78, 5) is 28.7. The Bertz CT molecular complexity index is 1200. The zero-order valence-corrected chi connectivity index (χ0v) is 24.8. The number of benzene rings is 2. The lowest BCUT2D eigenvalue weighted by Gasteiger charge is -2.31. The summed E-state index contributed by atoms with van der Waals surface area (Å²) in [5.74, 6) is -2.30. The molecule has 238 valence electrons. The van der Waals surface area contributed by atoms with Crippen LogP contribution in [0.25, 0.3) is 0 Å². The van der Waals surface area contributed by atoms with Crippen molar-refractivity contribution in [1.82, 2.24) is 15.1 Å². The van der Waals surface area contributed by atoms with E-state index in [4.69, 9.17) is 11.5 Å². The summed E-state index contributed by atoms with van der Waals surface area (Å²) in [6, 6.07) is 6.66. The molecule has 0 spiro atoms. The number of hydrogen-bond acceptors (Lipinski definition) is 11. The quantitative estimate of drug-likeness (QED) is 0.129. The molecule has 0 aliphatic carbocycles. The number of phenolic OH excluding ortho intramolecular Hbond substituents is 2. The largest absolute Gasteiger partial charge is 0.507 e. The van der Waals surface area contributed by atoms with E-state index in [1.54, 1.807) is 38.1 Å². The molecule has 13 heteroatoms. The number of primary amides is 2. The Morgan fingerprint density at radius 1 is 0.698 bits per heavy atom. The van der Waals surface area contributed by atoms with E-state index in [9.17, 15) is 40.2 Å². The van der Waals surface area contributed by atoms with Crippen molar-refractivity contribution in [3.05, 3.63) is 57.6 Å². The molecular formula is C30H45N5O8. The zero-order valence-electron chi connectivity index (χ0n) is 24.8. The highest BCUT2D eigenvalue weighted by Gasteiger charge is 2.42. The summed E-state index contributed by atoms with van der Waals surface area (Å²) >= 11 is 0. The SMILES string of the molecule is Cc1cc(CN2CCNCCN(Cc3cc(C)cc(C(CO)(CO)C(N)=O)c3O)CC2)c(O)c(C(CO)(CO)C(N)=O)c1. The highest BCUT2D eigenvalue weighted by atomic mass is 16.3. The lowest BCUT2D eigenvalue weighted by atomic mass is 9.79. The molecule has 0 aromatic heterocycles. The molecule has 1 aliphatic heterocycles. The molecule has 43 heavy (non-hydrogen) atoms. The van der Waals surface area contributed by atoms with Gasteiger partial charge in [-0.05, 0) is 13.8 Å². The second-order valence-electron chi connectivity index (χ2n) is 11.5. The summed E-state index contributed by atoms with van der Waals surface area (Å²) in [7, 11) is 0. The number of amides is 2. The van der Waals surface area contributed by atoms with E-state index in [1.807, 2.05) is 0 Å². The molecule has 1 aliphatic rings. The number of aryl methyl sites for hydroxylation is 2. The molecule has 1 fully saturated rings. The van der Waals surface area contributed by atoms with Crippen molar-refractivity contribution in [1.29, 1.82) is 0 Å². The maximum atomic E-state index is 12.2. The van der Waals surface area contributed by atoms with Gasteiger partial charge in [-0.3, -0.25) is 19.4 Å². The lowest BCUT2D eigenvalue weighted by Crippen LogP contribution is -2.47. The van der Waals surface area contributed by atoms with Crippen LogP contribution in [0, 0.1) is 13.8 Å². The van der Waals surface area contributed by atoms with Crippen molar-refractivity contribution < 1.29 is 40.2 Å². The van der Waals surface area contributed by atoms with Crippen LogP contribution in [0.3, 0.4) is 0 Å². The van der Waals surface area contributed by atoms with Crippen molar-refractivity contribution >= 4 is 11.8 Å². The Hall–Kier alpha value is -3.30. The van der Waals surface area contributed by atoms with Gasteiger partial charge in [0.05, 0.1) is 26.4 Å². The Morgan fingerprint density at radius 2 is 1.05 bits per heavy atom. The van der Waals surface area contributed by atoms with Crippen LogP contribution in [0.4, 0.5) is 0 Å². The number of aromatic hydroxyl groups is 2. The van der Waals surface area contributed by atoms with E-state index in [-0.39, 0.29) is 22.6 Å². The smallest absolute Gasteiger partial charge is 0.232 e. The number of aliphatic hydroxyl groups excluding tert-OH is 4. The monoisotopic (exact) mass is 603 g/mol. The van der Waals surface area contributed by atoms with Gasteiger partial charge in [-0.1, -0.05) is 35.4 Å². The fourth-order valence-corrected chi connectivity index (χ4v) is 5.60. The van der Waals surface area contributed by atoms with E-state index >= 15 is 0 Å². The maximum Gasteiger partial charge on any atom is 0.232 e.